The second-order valence-corrected chi connectivity index (χ2v) is 4.71. The van der Waals surface area contributed by atoms with Gasteiger partial charge in [-0.2, -0.15) is 17.6 Å². The van der Waals surface area contributed by atoms with Gasteiger partial charge in [-0.05, 0) is 44.6 Å². The average molecular weight is 383 g/mol. The summed E-state index contributed by atoms with van der Waals surface area (Å²) < 4.78 is 51.4. The maximum atomic E-state index is 13.1. The fraction of sp³-hybridized carbons (Fsp3) is 0.250. The SMILES string of the molecule is FC(F)(Br)C(F)(F)c1ccccc1I. The van der Waals surface area contributed by atoms with Crippen molar-refractivity contribution < 1.29 is 17.6 Å². The highest BCUT2D eigenvalue weighted by Gasteiger charge is 2.56. The maximum absolute atomic E-state index is 13.1. The van der Waals surface area contributed by atoms with Gasteiger partial charge in [0.05, 0.1) is 0 Å². The summed E-state index contributed by atoms with van der Waals surface area (Å²) in [5, 5.41) is 0. The van der Waals surface area contributed by atoms with Gasteiger partial charge in [0.25, 0.3) is 0 Å². The van der Waals surface area contributed by atoms with Crippen molar-refractivity contribution in [2.75, 3.05) is 0 Å². The van der Waals surface area contributed by atoms with Gasteiger partial charge in [0.1, 0.15) is 0 Å². The topological polar surface area (TPSA) is 0 Å². The van der Waals surface area contributed by atoms with Gasteiger partial charge >= 0.3 is 10.8 Å². The Morgan fingerprint density at radius 1 is 1.07 bits per heavy atom. The minimum absolute atomic E-state index is 0.106. The summed E-state index contributed by atoms with van der Waals surface area (Å²) in [5.41, 5.74) is -0.678. The third-order valence-electron chi connectivity index (χ3n) is 1.57. The van der Waals surface area contributed by atoms with Crippen LogP contribution in [-0.2, 0) is 5.92 Å². The van der Waals surface area contributed by atoms with Gasteiger partial charge in [0, 0.05) is 9.13 Å². The van der Waals surface area contributed by atoms with Crippen LogP contribution in [0.25, 0.3) is 0 Å². The van der Waals surface area contributed by atoms with Gasteiger partial charge < -0.3 is 0 Å². The summed E-state index contributed by atoms with van der Waals surface area (Å²) in [5.74, 6) is -4.20. The van der Waals surface area contributed by atoms with E-state index < -0.39 is 16.3 Å². The van der Waals surface area contributed by atoms with Crippen LogP contribution in [0, 0.1) is 3.57 Å². The summed E-state index contributed by atoms with van der Waals surface area (Å²) in [6.45, 7) is 0. The van der Waals surface area contributed by atoms with E-state index in [4.69, 9.17) is 0 Å². The molecule has 0 aliphatic heterocycles. The molecule has 0 saturated heterocycles. The Morgan fingerprint density at radius 2 is 1.57 bits per heavy atom. The Morgan fingerprint density at radius 3 is 2.00 bits per heavy atom. The Hall–Kier alpha value is 0.150. The van der Waals surface area contributed by atoms with Crippen molar-refractivity contribution in [3.63, 3.8) is 0 Å². The van der Waals surface area contributed by atoms with Crippen LogP contribution in [-0.4, -0.2) is 4.83 Å². The van der Waals surface area contributed by atoms with Crippen LogP contribution in [0.5, 0.6) is 0 Å². The maximum Gasteiger partial charge on any atom is 0.367 e. The first kappa shape index (κ1) is 12.2. The molecule has 0 radical (unpaired) electrons. The molecule has 0 amide bonds. The second-order valence-electron chi connectivity index (χ2n) is 2.55. The largest absolute Gasteiger partial charge is 0.367 e. The van der Waals surface area contributed by atoms with Gasteiger partial charge in [0.15, 0.2) is 0 Å². The van der Waals surface area contributed by atoms with Crippen LogP contribution >= 0.6 is 38.5 Å². The van der Waals surface area contributed by atoms with Crippen molar-refractivity contribution >= 4 is 38.5 Å². The lowest BCUT2D eigenvalue weighted by Gasteiger charge is -2.22. The molecule has 0 aliphatic carbocycles. The van der Waals surface area contributed by atoms with Crippen LogP contribution in [0.3, 0.4) is 0 Å². The minimum atomic E-state index is -4.23. The summed E-state index contributed by atoms with van der Waals surface area (Å²) in [6, 6.07) is 5.14. The lowest BCUT2D eigenvalue weighted by molar-refractivity contribution is -0.154. The monoisotopic (exact) mass is 382 g/mol. The molecule has 0 spiro atoms. The zero-order valence-electron chi connectivity index (χ0n) is 6.58. The smallest absolute Gasteiger partial charge is 0.193 e. The summed E-state index contributed by atoms with van der Waals surface area (Å²) >= 11 is 3.28. The van der Waals surface area contributed by atoms with Crippen molar-refractivity contribution in [3.05, 3.63) is 33.4 Å². The molecule has 0 fully saturated rings. The number of halogens is 6. The summed E-state index contributed by atoms with van der Waals surface area (Å²) in [4.78, 5) is -4.23. The zero-order chi connectivity index (χ0) is 11.0. The van der Waals surface area contributed by atoms with Gasteiger partial charge in [-0.15, -0.1) is 0 Å². The lowest BCUT2D eigenvalue weighted by Crippen LogP contribution is -2.32. The number of hydrogen-bond donors (Lipinski definition) is 0. The quantitative estimate of drug-likeness (QED) is 0.405. The molecular formula is C8H4BrF4I. The van der Waals surface area contributed by atoms with E-state index in [0.29, 0.717) is 0 Å². The standard InChI is InChI=1S/C8H4BrF4I/c9-8(12,13)7(10,11)5-3-1-2-4-6(5)14/h1-4H. The van der Waals surface area contributed by atoms with Crippen molar-refractivity contribution in [1.82, 2.24) is 0 Å². The molecule has 0 atom stereocenters. The van der Waals surface area contributed by atoms with Crippen molar-refractivity contribution in [2.24, 2.45) is 0 Å². The summed E-state index contributed by atoms with van der Waals surface area (Å²) in [6.07, 6.45) is 0. The highest BCUT2D eigenvalue weighted by Crippen LogP contribution is 2.47. The van der Waals surface area contributed by atoms with Gasteiger partial charge in [-0.1, -0.05) is 18.2 Å². The molecule has 0 nitrogen and oxygen atoms in total. The van der Waals surface area contributed by atoms with E-state index in [1.165, 1.54) is 18.2 Å². The molecule has 1 aromatic carbocycles. The third-order valence-corrected chi connectivity index (χ3v) is 3.01. The van der Waals surface area contributed by atoms with E-state index >= 15 is 0 Å². The van der Waals surface area contributed by atoms with Gasteiger partial charge in [-0.3, -0.25) is 0 Å². The number of rotatable bonds is 2. The molecule has 1 aromatic rings. The molecule has 0 heterocycles. The van der Waals surface area contributed by atoms with Crippen molar-refractivity contribution in [1.29, 1.82) is 0 Å². The van der Waals surface area contributed by atoms with E-state index in [2.05, 4.69) is 0 Å². The third kappa shape index (κ3) is 2.21. The molecule has 0 unspecified atom stereocenters. The minimum Gasteiger partial charge on any atom is -0.193 e. The second kappa shape index (κ2) is 3.96. The molecule has 0 saturated carbocycles. The average Bonchev–Trinajstić information content (AvgIpc) is 2.02. The van der Waals surface area contributed by atoms with Gasteiger partial charge in [0.2, 0.25) is 0 Å². The van der Waals surface area contributed by atoms with E-state index in [-0.39, 0.29) is 3.57 Å². The van der Waals surface area contributed by atoms with Crippen LogP contribution in [0.4, 0.5) is 17.6 Å². The van der Waals surface area contributed by atoms with E-state index in [9.17, 15) is 17.6 Å². The van der Waals surface area contributed by atoms with E-state index in [1.54, 1.807) is 38.5 Å². The number of alkyl halides is 5. The molecule has 6 heteroatoms. The molecule has 0 bridgehead atoms. The predicted octanol–water partition coefficient (Wildman–Crippen LogP) is 4.37. The van der Waals surface area contributed by atoms with Gasteiger partial charge in [-0.25, -0.2) is 0 Å². The highest BCUT2D eigenvalue weighted by molar-refractivity contribution is 14.1. The molecule has 0 aliphatic rings. The fourth-order valence-electron chi connectivity index (χ4n) is 0.869. The highest BCUT2D eigenvalue weighted by atomic mass is 127. The van der Waals surface area contributed by atoms with Crippen LogP contribution < -0.4 is 0 Å². The fourth-order valence-corrected chi connectivity index (χ4v) is 1.81. The van der Waals surface area contributed by atoms with Crippen LogP contribution in [0.15, 0.2) is 24.3 Å². The van der Waals surface area contributed by atoms with Crippen molar-refractivity contribution in [2.45, 2.75) is 10.8 Å². The van der Waals surface area contributed by atoms with Crippen molar-refractivity contribution in [3.8, 4) is 0 Å². The predicted molar refractivity (Wildman–Crippen MR) is 56.9 cm³/mol. The number of benzene rings is 1. The Labute approximate surface area is 100.0 Å². The normalized spacial score (nSPS) is 13.0. The Balaban J connectivity index is 3.23. The Kier molecular flexibility index (Phi) is 3.45. The molecule has 0 aromatic heterocycles. The van der Waals surface area contributed by atoms with E-state index in [1.807, 2.05) is 0 Å². The van der Waals surface area contributed by atoms with Crippen LogP contribution in [0.2, 0.25) is 0 Å². The Bertz CT molecular complexity index is 334. The van der Waals surface area contributed by atoms with Crippen LogP contribution in [0.1, 0.15) is 5.56 Å². The molecule has 0 N–H and O–H groups in total. The molecule has 14 heavy (non-hydrogen) atoms. The van der Waals surface area contributed by atoms with E-state index in [0.717, 1.165) is 6.07 Å². The summed E-state index contributed by atoms with van der Waals surface area (Å²) in [7, 11) is 0. The zero-order valence-corrected chi connectivity index (χ0v) is 10.3. The number of hydrogen-bond acceptors (Lipinski definition) is 0. The molecule has 1 rings (SSSR count). The molecule has 78 valence electrons. The molecular weight excluding hydrogens is 379 g/mol. The lowest BCUT2D eigenvalue weighted by atomic mass is 10.1. The first-order chi connectivity index (χ1) is 6.27. The first-order valence-electron chi connectivity index (χ1n) is 3.46. The first-order valence-corrected chi connectivity index (χ1v) is 5.33.